The van der Waals surface area contributed by atoms with Crippen LogP contribution in [0.2, 0.25) is 5.02 Å². The Kier molecular flexibility index (Phi) is 5.54. The molecule has 0 aliphatic heterocycles. The molecule has 2 rings (SSSR count). The molecule has 0 bridgehead atoms. The standard InChI is InChI=1S/C17H19BrClNO/c1-11(2)21-17-9-8-13(10-16(17)19)20-12(3)14-6-4-5-7-15(14)18/h4-12,20H,1-3H3. The predicted molar refractivity (Wildman–Crippen MR) is 93.4 cm³/mol. The summed E-state index contributed by atoms with van der Waals surface area (Å²) in [7, 11) is 0. The molecule has 0 fully saturated rings. The molecule has 0 aromatic heterocycles. The predicted octanol–water partition coefficient (Wildman–Crippen LogP) is 6.06. The molecule has 0 saturated heterocycles. The average molecular weight is 369 g/mol. The van der Waals surface area contributed by atoms with Gasteiger partial charge in [0.15, 0.2) is 0 Å². The lowest BCUT2D eigenvalue weighted by molar-refractivity contribution is 0.242. The third-order valence-corrected chi connectivity index (χ3v) is 4.07. The maximum Gasteiger partial charge on any atom is 0.138 e. The van der Waals surface area contributed by atoms with Gasteiger partial charge in [-0.25, -0.2) is 0 Å². The summed E-state index contributed by atoms with van der Waals surface area (Å²) in [6.07, 6.45) is 0.112. The van der Waals surface area contributed by atoms with Crippen molar-refractivity contribution in [1.82, 2.24) is 0 Å². The first kappa shape index (κ1) is 16.2. The summed E-state index contributed by atoms with van der Waals surface area (Å²) in [4.78, 5) is 0. The van der Waals surface area contributed by atoms with E-state index in [0.29, 0.717) is 10.8 Å². The second-order valence-corrected chi connectivity index (χ2v) is 6.46. The van der Waals surface area contributed by atoms with Crippen LogP contribution < -0.4 is 10.1 Å². The first-order chi connectivity index (χ1) is 9.97. The van der Waals surface area contributed by atoms with Crippen LogP contribution in [0.4, 0.5) is 5.69 Å². The van der Waals surface area contributed by atoms with Gasteiger partial charge >= 0.3 is 0 Å². The minimum Gasteiger partial charge on any atom is -0.489 e. The zero-order chi connectivity index (χ0) is 15.4. The third kappa shape index (κ3) is 4.39. The molecule has 0 amide bonds. The lowest BCUT2D eigenvalue weighted by Gasteiger charge is -2.18. The van der Waals surface area contributed by atoms with Gasteiger partial charge in [-0.05, 0) is 50.6 Å². The molecular formula is C17H19BrClNO. The minimum atomic E-state index is 0.112. The minimum absolute atomic E-state index is 0.112. The number of hydrogen-bond acceptors (Lipinski definition) is 2. The SMILES string of the molecule is CC(C)Oc1ccc(NC(C)c2ccccc2Br)cc1Cl. The number of halogens is 2. The summed E-state index contributed by atoms with van der Waals surface area (Å²) in [5, 5.41) is 4.07. The smallest absolute Gasteiger partial charge is 0.138 e. The van der Waals surface area contributed by atoms with E-state index >= 15 is 0 Å². The number of hydrogen-bond donors (Lipinski definition) is 1. The van der Waals surface area contributed by atoms with Gasteiger partial charge in [0, 0.05) is 16.2 Å². The molecule has 0 heterocycles. The highest BCUT2D eigenvalue weighted by Crippen LogP contribution is 2.31. The highest BCUT2D eigenvalue weighted by molar-refractivity contribution is 9.10. The van der Waals surface area contributed by atoms with Crippen molar-refractivity contribution in [2.75, 3.05) is 5.32 Å². The van der Waals surface area contributed by atoms with E-state index in [0.717, 1.165) is 10.2 Å². The van der Waals surface area contributed by atoms with Crippen molar-refractivity contribution in [1.29, 1.82) is 0 Å². The molecule has 0 aliphatic carbocycles. The third-order valence-electron chi connectivity index (χ3n) is 3.05. The van der Waals surface area contributed by atoms with E-state index in [2.05, 4.69) is 34.2 Å². The molecule has 2 aromatic carbocycles. The number of ether oxygens (including phenoxy) is 1. The first-order valence-corrected chi connectivity index (χ1v) is 8.11. The van der Waals surface area contributed by atoms with Crippen LogP contribution in [0.15, 0.2) is 46.9 Å². The normalized spacial score (nSPS) is 12.3. The Hall–Kier alpha value is -1.19. The van der Waals surface area contributed by atoms with Gasteiger partial charge in [0.2, 0.25) is 0 Å². The number of rotatable bonds is 5. The summed E-state index contributed by atoms with van der Waals surface area (Å²) >= 11 is 9.84. The molecule has 2 nitrogen and oxygen atoms in total. The average Bonchev–Trinajstić information content (AvgIpc) is 2.42. The molecular weight excluding hydrogens is 350 g/mol. The van der Waals surface area contributed by atoms with Crippen molar-refractivity contribution in [3.8, 4) is 5.75 Å². The van der Waals surface area contributed by atoms with E-state index in [1.807, 2.05) is 50.2 Å². The maximum atomic E-state index is 6.26. The Bertz CT molecular complexity index is 615. The molecule has 1 unspecified atom stereocenters. The van der Waals surface area contributed by atoms with E-state index in [-0.39, 0.29) is 12.1 Å². The van der Waals surface area contributed by atoms with E-state index in [9.17, 15) is 0 Å². The fourth-order valence-electron chi connectivity index (χ4n) is 2.09. The summed E-state index contributed by atoms with van der Waals surface area (Å²) in [5.41, 5.74) is 2.18. The second kappa shape index (κ2) is 7.19. The monoisotopic (exact) mass is 367 g/mol. The molecule has 0 aliphatic rings. The van der Waals surface area contributed by atoms with E-state index in [1.165, 1.54) is 5.56 Å². The van der Waals surface area contributed by atoms with Crippen molar-refractivity contribution in [2.45, 2.75) is 32.9 Å². The Labute approximate surface area is 139 Å². The Balaban J connectivity index is 2.13. The summed E-state index contributed by atoms with van der Waals surface area (Å²) < 4.78 is 6.73. The van der Waals surface area contributed by atoms with E-state index < -0.39 is 0 Å². The van der Waals surface area contributed by atoms with Crippen molar-refractivity contribution >= 4 is 33.2 Å². The maximum absolute atomic E-state index is 6.26. The van der Waals surface area contributed by atoms with E-state index in [1.54, 1.807) is 0 Å². The van der Waals surface area contributed by atoms with Gasteiger partial charge in [-0.1, -0.05) is 45.7 Å². The highest BCUT2D eigenvalue weighted by atomic mass is 79.9. The molecule has 0 spiro atoms. The molecule has 2 aromatic rings. The van der Waals surface area contributed by atoms with Crippen molar-refractivity contribution < 1.29 is 4.74 Å². The van der Waals surface area contributed by atoms with Gasteiger partial charge in [-0.2, -0.15) is 0 Å². The highest BCUT2D eigenvalue weighted by Gasteiger charge is 2.10. The Morgan fingerprint density at radius 1 is 1.10 bits per heavy atom. The Morgan fingerprint density at radius 2 is 1.81 bits per heavy atom. The van der Waals surface area contributed by atoms with Gasteiger partial charge < -0.3 is 10.1 Å². The van der Waals surface area contributed by atoms with E-state index in [4.69, 9.17) is 16.3 Å². The molecule has 0 saturated carbocycles. The fraction of sp³-hybridized carbons (Fsp3) is 0.294. The van der Waals surface area contributed by atoms with Gasteiger partial charge in [-0.3, -0.25) is 0 Å². The number of nitrogens with one attached hydrogen (secondary N) is 1. The van der Waals surface area contributed by atoms with Gasteiger partial charge in [0.25, 0.3) is 0 Å². The fourth-order valence-corrected chi connectivity index (χ4v) is 2.95. The summed E-state index contributed by atoms with van der Waals surface area (Å²) in [5.74, 6) is 0.714. The topological polar surface area (TPSA) is 21.3 Å². The molecule has 4 heteroatoms. The van der Waals surface area contributed by atoms with Gasteiger partial charge in [0.05, 0.1) is 11.1 Å². The number of anilines is 1. The van der Waals surface area contributed by atoms with Crippen LogP contribution in [0.3, 0.4) is 0 Å². The molecule has 112 valence electrons. The first-order valence-electron chi connectivity index (χ1n) is 6.94. The molecule has 1 atom stereocenters. The van der Waals surface area contributed by atoms with Gasteiger partial charge in [0.1, 0.15) is 5.75 Å². The van der Waals surface area contributed by atoms with Crippen LogP contribution >= 0.6 is 27.5 Å². The molecule has 0 radical (unpaired) electrons. The zero-order valence-corrected chi connectivity index (χ0v) is 14.7. The number of benzene rings is 2. The lowest BCUT2D eigenvalue weighted by Crippen LogP contribution is -2.08. The van der Waals surface area contributed by atoms with Gasteiger partial charge in [-0.15, -0.1) is 0 Å². The van der Waals surface area contributed by atoms with Crippen molar-refractivity contribution in [3.63, 3.8) is 0 Å². The zero-order valence-electron chi connectivity index (χ0n) is 12.4. The van der Waals surface area contributed by atoms with Crippen molar-refractivity contribution in [2.24, 2.45) is 0 Å². The summed E-state index contributed by atoms with van der Waals surface area (Å²) in [6.45, 7) is 6.08. The van der Waals surface area contributed by atoms with Crippen LogP contribution in [-0.4, -0.2) is 6.10 Å². The van der Waals surface area contributed by atoms with Crippen LogP contribution in [0.25, 0.3) is 0 Å². The second-order valence-electron chi connectivity index (χ2n) is 5.20. The largest absolute Gasteiger partial charge is 0.489 e. The van der Waals surface area contributed by atoms with Crippen LogP contribution in [0.5, 0.6) is 5.75 Å². The quantitative estimate of drug-likeness (QED) is 0.692. The van der Waals surface area contributed by atoms with Crippen molar-refractivity contribution in [3.05, 3.63) is 57.5 Å². The summed E-state index contributed by atoms with van der Waals surface area (Å²) in [6, 6.07) is 14.1. The molecule has 21 heavy (non-hydrogen) atoms. The van der Waals surface area contributed by atoms with Crippen LogP contribution in [-0.2, 0) is 0 Å². The van der Waals surface area contributed by atoms with Crippen LogP contribution in [0, 0.1) is 0 Å². The Morgan fingerprint density at radius 3 is 2.43 bits per heavy atom. The lowest BCUT2D eigenvalue weighted by atomic mass is 10.1. The van der Waals surface area contributed by atoms with Crippen LogP contribution in [0.1, 0.15) is 32.4 Å². The molecule has 1 N–H and O–H groups in total.